The highest BCUT2D eigenvalue weighted by Crippen LogP contribution is 2.29. The van der Waals surface area contributed by atoms with Crippen molar-refractivity contribution in [3.05, 3.63) is 52.9 Å². The van der Waals surface area contributed by atoms with Crippen molar-refractivity contribution in [2.24, 2.45) is 0 Å². The molecule has 0 bridgehead atoms. The van der Waals surface area contributed by atoms with Gasteiger partial charge in [-0.15, -0.1) is 0 Å². The predicted molar refractivity (Wildman–Crippen MR) is 58.5 cm³/mol. The van der Waals surface area contributed by atoms with E-state index in [4.69, 9.17) is 0 Å². The number of halogens is 3. The highest BCUT2D eigenvalue weighted by Gasteiger charge is 2.28. The van der Waals surface area contributed by atoms with Crippen molar-refractivity contribution in [1.82, 2.24) is 15.3 Å². The molecular formula is C12H10F3N3. The highest BCUT2D eigenvalue weighted by atomic mass is 19.2. The Balaban J connectivity index is 2.10. The van der Waals surface area contributed by atoms with Crippen molar-refractivity contribution in [3.8, 4) is 0 Å². The van der Waals surface area contributed by atoms with Gasteiger partial charge in [-0.3, -0.25) is 0 Å². The molecule has 18 heavy (non-hydrogen) atoms. The van der Waals surface area contributed by atoms with E-state index in [1.165, 1.54) is 12.4 Å². The largest absolute Gasteiger partial charge is 0.348 e. The number of aromatic amines is 1. The maximum absolute atomic E-state index is 13.8. The molecule has 2 N–H and O–H groups in total. The summed E-state index contributed by atoms with van der Waals surface area (Å²) in [7, 11) is 0. The minimum Gasteiger partial charge on any atom is -0.348 e. The number of aromatic nitrogens is 2. The quantitative estimate of drug-likeness (QED) is 0.764. The van der Waals surface area contributed by atoms with Gasteiger partial charge in [0, 0.05) is 24.2 Å². The summed E-state index contributed by atoms with van der Waals surface area (Å²) in [6.07, 6.45) is 2.26. The van der Waals surface area contributed by atoms with Crippen molar-refractivity contribution < 1.29 is 13.2 Å². The summed E-state index contributed by atoms with van der Waals surface area (Å²) in [6, 6.07) is 1.63. The summed E-state index contributed by atoms with van der Waals surface area (Å²) in [5, 5.41) is 3.05. The van der Waals surface area contributed by atoms with Gasteiger partial charge >= 0.3 is 0 Å². The van der Waals surface area contributed by atoms with Gasteiger partial charge in [0.1, 0.15) is 0 Å². The second-order valence-corrected chi connectivity index (χ2v) is 4.17. The third-order valence-electron chi connectivity index (χ3n) is 3.12. The van der Waals surface area contributed by atoms with Crippen LogP contribution >= 0.6 is 0 Å². The lowest BCUT2D eigenvalue weighted by Gasteiger charge is -2.23. The summed E-state index contributed by atoms with van der Waals surface area (Å²) < 4.78 is 39.9. The van der Waals surface area contributed by atoms with Crippen LogP contribution in [0.15, 0.2) is 18.5 Å². The van der Waals surface area contributed by atoms with E-state index in [-0.39, 0.29) is 5.56 Å². The normalized spacial score (nSPS) is 18.7. The molecular weight excluding hydrogens is 243 g/mol. The maximum Gasteiger partial charge on any atom is 0.194 e. The van der Waals surface area contributed by atoms with Gasteiger partial charge in [0.2, 0.25) is 0 Å². The minimum atomic E-state index is -1.45. The molecule has 0 saturated carbocycles. The van der Waals surface area contributed by atoms with E-state index in [0.29, 0.717) is 12.2 Å². The number of hydrogen-bond donors (Lipinski definition) is 2. The first-order chi connectivity index (χ1) is 8.68. The van der Waals surface area contributed by atoms with Gasteiger partial charge in [-0.2, -0.15) is 0 Å². The van der Waals surface area contributed by atoms with Crippen LogP contribution in [0.5, 0.6) is 0 Å². The second kappa shape index (κ2) is 4.13. The van der Waals surface area contributed by atoms with Crippen LogP contribution in [0.4, 0.5) is 13.2 Å². The van der Waals surface area contributed by atoms with Crippen LogP contribution in [-0.2, 0) is 6.42 Å². The van der Waals surface area contributed by atoms with Gasteiger partial charge in [0.05, 0.1) is 18.1 Å². The van der Waals surface area contributed by atoms with Crippen LogP contribution in [0.25, 0.3) is 0 Å². The van der Waals surface area contributed by atoms with Crippen LogP contribution in [-0.4, -0.2) is 16.5 Å². The summed E-state index contributed by atoms with van der Waals surface area (Å²) in [5.41, 5.74) is 1.59. The first kappa shape index (κ1) is 11.3. The number of rotatable bonds is 1. The van der Waals surface area contributed by atoms with Crippen LogP contribution < -0.4 is 5.32 Å². The monoisotopic (exact) mass is 253 g/mol. The Kier molecular flexibility index (Phi) is 2.59. The zero-order chi connectivity index (χ0) is 12.7. The SMILES string of the molecule is Fc1ccc([C@@H]2NCCc3[nH]cnc32)c(F)c1F. The Bertz CT molecular complexity index is 594. The fourth-order valence-electron chi connectivity index (χ4n) is 2.24. The lowest BCUT2D eigenvalue weighted by Crippen LogP contribution is -2.31. The Morgan fingerprint density at radius 2 is 2.00 bits per heavy atom. The molecule has 1 aliphatic heterocycles. The van der Waals surface area contributed by atoms with E-state index in [2.05, 4.69) is 15.3 Å². The number of hydrogen-bond acceptors (Lipinski definition) is 2. The number of imidazole rings is 1. The van der Waals surface area contributed by atoms with E-state index in [1.807, 2.05) is 0 Å². The number of nitrogens with one attached hydrogen (secondary N) is 2. The minimum absolute atomic E-state index is 0.0713. The van der Waals surface area contributed by atoms with Crippen LogP contribution in [0.1, 0.15) is 23.0 Å². The summed E-state index contributed by atoms with van der Waals surface area (Å²) in [5.74, 6) is -3.80. The average Bonchev–Trinajstić information content (AvgIpc) is 2.84. The molecule has 0 spiro atoms. The molecule has 6 heteroatoms. The second-order valence-electron chi connectivity index (χ2n) is 4.17. The number of benzene rings is 1. The van der Waals surface area contributed by atoms with E-state index in [0.717, 1.165) is 18.2 Å². The van der Waals surface area contributed by atoms with Crippen molar-refractivity contribution >= 4 is 0 Å². The number of fused-ring (bicyclic) bond motifs is 1. The molecule has 0 amide bonds. The molecule has 0 aliphatic carbocycles. The van der Waals surface area contributed by atoms with Crippen LogP contribution in [0.3, 0.4) is 0 Å². The Labute approximate surface area is 101 Å². The van der Waals surface area contributed by atoms with E-state index >= 15 is 0 Å². The standard InChI is InChI=1S/C12H10F3N3/c13-7-2-1-6(9(14)10(7)15)11-12-8(3-4-16-11)17-5-18-12/h1-2,5,11,16H,3-4H2,(H,17,18)/t11-/m0/s1. The fourth-order valence-corrected chi connectivity index (χ4v) is 2.24. The molecule has 1 aliphatic rings. The zero-order valence-electron chi connectivity index (χ0n) is 9.30. The zero-order valence-corrected chi connectivity index (χ0v) is 9.30. The van der Waals surface area contributed by atoms with E-state index in [1.54, 1.807) is 0 Å². The molecule has 0 radical (unpaired) electrons. The van der Waals surface area contributed by atoms with E-state index < -0.39 is 23.5 Å². The molecule has 2 aromatic rings. The summed E-state index contributed by atoms with van der Waals surface area (Å²) in [4.78, 5) is 7.07. The average molecular weight is 253 g/mol. The molecule has 1 aromatic heterocycles. The van der Waals surface area contributed by atoms with Crippen molar-refractivity contribution in [2.45, 2.75) is 12.5 Å². The molecule has 3 rings (SSSR count). The molecule has 1 aromatic carbocycles. The van der Waals surface area contributed by atoms with Gasteiger partial charge in [-0.1, -0.05) is 6.07 Å². The molecule has 0 saturated heterocycles. The highest BCUT2D eigenvalue weighted by molar-refractivity contribution is 5.34. The van der Waals surface area contributed by atoms with Gasteiger partial charge in [0.25, 0.3) is 0 Å². The molecule has 2 heterocycles. The lowest BCUT2D eigenvalue weighted by molar-refractivity contribution is 0.428. The van der Waals surface area contributed by atoms with Gasteiger partial charge in [-0.25, -0.2) is 18.2 Å². The van der Waals surface area contributed by atoms with Crippen LogP contribution in [0, 0.1) is 17.5 Å². The first-order valence-electron chi connectivity index (χ1n) is 5.57. The van der Waals surface area contributed by atoms with E-state index in [9.17, 15) is 13.2 Å². The molecule has 94 valence electrons. The Hall–Kier alpha value is -1.82. The third-order valence-corrected chi connectivity index (χ3v) is 3.12. The summed E-state index contributed by atoms with van der Waals surface area (Å²) >= 11 is 0. The molecule has 0 unspecified atom stereocenters. The topological polar surface area (TPSA) is 40.7 Å². The number of nitrogens with zero attached hydrogens (tertiary/aromatic N) is 1. The first-order valence-corrected chi connectivity index (χ1v) is 5.57. The Morgan fingerprint density at radius 3 is 2.83 bits per heavy atom. The molecule has 1 atom stereocenters. The number of H-pyrrole nitrogens is 1. The van der Waals surface area contributed by atoms with Crippen LogP contribution in [0.2, 0.25) is 0 Å². The van der Waals surface area contributed by atoms with Crippen molar-refractivity contribution in [3.63, 3.8) is 0 Å². The van der Waals surface area contributed by atoms with Crippen molar-refractivity contribution in [1.29, 1.82) is 0 Å². The third kappa shape index (κ3) is 1.60. The molecule has 0 fully saturated rings. The Morgan fingerprint density at radius 1 is 1.17 bits per heavy atom. The van der Waals surface area contributed by atoms with Gasteiger partial charge < -0.3 is 10.3 Å². The summed E-state index contributed by atoms with van der Waals surface area (Å²) in [6.45, 7) is 0.623. The molecule has 3 nitrogen and oxygen atoms in total. The van der Waals surface area contributed by atoms with Crippen molar-refractivity contribution in [2.75, 3.05) is 6.54 Å². The van der Waals surface area contributed by atoms with Gasteiger partial charge in [0.15, 0.2) is 17.5 Å². The predicted octanol–water partition coefficient (Wildman–Crippen LogP) is 2.06. The smallest absolute Gasteiger partial charge is 0.194 e. The maximum atomic E-state index is 13.8. The lowest BCUT2D eigenvalue weighted by atomic mass is 9.97. The van der Waals surface area contributed by atoms with Gasteiger partial charge in [-0.05, 0) is 6.07 Å². The fraction of sp³-hybridized carbons (Fsp3) is 0.250.